The minimum absolute atomic E-state index is 0.00106. The van der Waals surface area contributed by atoms with Gasteiger partial charge < -0.3 is 15.5 Å². The number of piperidine rings is 1. The molecule has 0 bridgehead atoms. The highest BCUT2D eigenvalue weighted by atomic mass is 32.1. The van der Waals surface area contributed by atoms with Gasteiger partial charge in [0.15, 0.2) is 16.6 Å². The summed E-state index contributed by atoms with van der Waals surface area (Å²) in [6, 6.07) is 6.61. The third-order valence-corrected chi connectivity index (χ3v) is 6.64. The van der Waals surface area contributed by atoms with E-state index < -0.39 is 5.91 Å². The van der Waals surface area contributed by atoms with Crippen LogP contribution in [0.3, 0.4) is 0 Å². The number of fused-ring (bicyclic) bond motifs is 1. The maximum Gasteiger partial charge on any atom is 0.273 e. The Bertz CT molecular complexity index is 1280. The van der Waals surface area contributed by atoms with E-state index in [1.165, 1.54) is 29.2 Å². The number of anilines is 2. The number of nitrogens with one attached hydrogen (secondary N) is 2. The Morgan fingerprint density at radius 3 is 2.85 bits per heavy atom. The number of benzene rings is 1. The summed E-state index contributed by atoms with van der Waals surface area (Å²) in [5.41, 5.74) is 0.941. The summed E-state index contributed by atoms with van der Waals surface area (Å²) >= 11 is 1.22. The molecule has 2 N–H and O–H groups in total. The Morgan fingerprint density at radius 2 is 2.09 bits per heavy atom. The first-order chi connectivity index (χ1) is 15.9. The first kappa shape index (κ1) is 22.6. The summed E-state index contributed by atoms with van der Waals surface area (Å²) < 4.78 is 1.60. The third kappa shape index (κ3) is 4.92. The van der Waals surface area contributed by atoms with Crippen LogP contribution in [0, 0.1) is 5.92 Å². The second kappa shape index (κ2) is 9.49. The van der Waals surface area contributed by atoms with Gasteiger partial charge in [0, 0.05) is 31.4 Å². The van der Waals surface area contributed by atoms with Crippen LogP contribution in [0.4, 0.5) is 10.8 Å². The number of thiazole rings is 1. The van der Waals surface area contributed by atoms with Gasteiger partial charge in [-0.25, -0.2) is 4.98 Å². The largest absolute Gasteiger partial charge is 0.359 e. The van der Waals surface area contributed by atoms with E-state index in [1.807, 2.05) is 4.90 Å². The van der Waals surface area contributed by atoms with Crippen molar-refractivity contribution < 1.29 is 14.4 Å². The zero-order valence-electron chi connectivity index (χ0n) is 18.3. The number of rotatable bonds is 6. The number of hydrogen-bond donors (Lipinski definition) is 2. The smallest absolute Gasteiger partial charge is 0.273 e. The van der Waals surface area contributed by atoms with Crippen molar-refractivity contribution in [1.29, 1.82) is 0 Å². The molecule has 172 valence electrons. The quantitative estimate of drug-likeness (QED) is 0.527. The van der Waals surface area contributed by atoms with Gasteiger partial charge in [-0.3, -0.25) is 23.7 Å². The number of aromatic nitrogens is 3. The number of amides is 2. The maximum atomic E-state index is 13.0. The van der Waals surface area contributed by atoms with E-state index >= 15 is 0 Å². The van der Waals surface area contributed by atoms with Crippen LogP contribution in [0.5, 0.6) is 0 Å². The molecule has 1 aromatic carbocycles. The van der Waals surface area contributed by atoms with Crippen molar-refractivity contribution in [2.75, 3.05) is 30.4 Å². The summed E-state index contributed by atoms with van der Waals surface area (Å²) in [5, 5.41) is 6.04. The lowest BCUT2D eigenvalue weighted by molar-refractivity contribution is -0.124. The van der Waals surface area contributed by atoms with Crippen molar-refractivity contribution in [3.8, 4) is 0 Å². The summed E-state index contributed by atoms with van der Waals surface area (Å²) in [7, 11) is 1.63. The van der Waals surface area contributed by atoms with Crippen LogP contribution < -0.4 is 21.1 Å². The molecule has 10 nitrogen and oxygen atoms in total. The van der Waals surface area contributed by atoms with Crippen LogP contribution in [0.1, 0.15) is 30.1 Å². The van der Waals surface area contributed by atoms with Crippen molar-refractivity contribution in [1.82, 2.24) is 19.9 Å². The number of hydrogen-bond acceptors (Lipinski definition) is 8. The van der Waals surface area contributed by atoms with E-state index in [1.54, 1.807) is 31.3 Å². The monoisotopic (exact) mass is 468 g/mol. The molecule has 1 saturated heterocycles. The lowest BCUT2D eigenvalue weighted by Crippen LogP contribution is -2.42. The number of ketones is 1. The van der Waals surface area contributed by atoms with Crippen molar-refractivity contribution in [2.24, 2.45) is 5.92 Å². The molecule has 1 fully saturated rings. The molecule has 2 aromatic heterocycles. The van der Waals surface area contributed by atoms with Gasteiger partial charge in [0.2, 0.25) is 11.8 Å². The fraction of sp³-hybridized carbons (Fsp3) is 0.364. The molecule has 3 aromatic rings. The van der Waals surface area contributed by atoms with Crippen molar-refractivity contribution in [3.05, 3.63) is 46.5 Å². The Labute approximate surface area is 193 Å². The molecule has 0 aliphatic carbocycles. The molecule has 1 unspecified atom stereocenters. The normalized spacial score (nSPS) is 15.9. The molecule has 11 heteroatoms. The van der Waals surface area contributed by atoms with Crippen LogP contribution in [-0.4, -0.2) is 52.3 Å². The second-order valence-electron chi connectivity index (χ2n) is 7.91. The van der Waals surface area contributed by atoms with Gasteiger partial charge in [0.05, 0.1) is 5.92 Å². The predicted molar refractivity (Wildman–Crippen MR) is 126 cm³/mol. The minimum Gasteiger partial charge on any atom is -0.359 e. The van der Waals surface area contributed by atoms with Crippen LogP contribution in [0.15, 0.2) is 35.4 Å². The molecular formula is C22H24N6O4S. The van der Waals surface area contributed by atoms with E-state index in [2.05, 4.69) is 20.6 Å². The lowest BCUT2D eigenvalue weighted by atomic mass is 9.98. The standard InChI is InChI=1S/C22H24N6O4S/c1-13(29)14-5-3-7-16(9-14)25-17(30)11-28-12-24-19-18(21(28)32)33-22(26-19)27-8-4-6-15(10-27)20(31)23-2/h3,5,7,9,12,15H,4,6,8,10-11H2,1-2H3,(H,23,31)(H,25,30). The second-order valence-corrected chi connectivity index (χ2v) is 8.89. The average molecular weight is 469 g/mol. The van der Waals surface area contributed by atoms with E-state index in [0.29, 0.717) is 33.3 Å². The number of Topliss-reactive ketones (excluding diaryl/α,β-unsaturated/α-hetero) is 1. The van der Waals surface area contributed by atoms with E-state index in [-0.39, 0.29) is 29.7 Å². The fourth-order valence-electron chi connectivity index (χ4n) is 3.82. The van der Waals surface area contributed by atoms with Crippen LogP contribution >= 0.6 is 11.3 Å². The third-order valence-electron chi connectivity index (χ3n) is 5.55. The molecule has 4 rings (SSSR count). The Balaban J connectivity index is 1.51. The highest BCUT2D eigenvalue weighted by Gasteiger charge is 2.27. The first-order valence-electron chi connectivity index (χ1n) is 10.6. The number of carbonyl (C=O) groups is 3. The van der Waals surface area contributed by atoms with Crippen LogP contribution in [0.2, 0.25) is 0 Å². The summed E-state index contributed by atoms with van der Waals surface area (Å²) in [6.07, 6.45) is 2.98. The van der Waals surface area contributed by atoms with Crippen LogP contribution in [0.25, 0.3) is 10.3 Å². The summed E-state index contributed by atoms with van der Waals surface area (Å²) in [4.78, 5) is 59.8. The molecule has 1 aliphatic rings. The zero-order chi connectivity index (χ0) is 23.5. The van der Waals surface area contributed by atoms with Gasteiger partial charge in [-0.2, -0.15) is 4.98 Å². The highest BCUT2D eigenvalue weighted by Crippen LogP contribution is 2.29. The predicted octanol–water partition coefficient (Wildman–Crippen LogP) is 1.66. The molecule has 33 heavy (non-hydrogen) atoms. The van der Waals surface area contributed by atoms with Crippen molar-refractivity contribution in [3.63, 3.8) is 0 Å². The topological polar surface area (TPSA) is 126 Å². The molecule has 0 spiro atoms. The molecule has 1 aliphatic heterocycles. The Morgan fingerprint density at radius 1 is 1.27 bits per heavy atom. The van der Waals surface area contributed by atoms with E-state index in [9.17, 15) is 19.2 Å². The van der Waals surface area contributed by atoms with Crippen molar-refractivity contribution >= 4 is 50.1 Å². The van der Waals surface area contributed by atoms with Gasteiger partial charge >= 0.3 is 0 Å². The van der Waals surface area contributed by atoms with Gasteiger partial charge in [-0.05, 0) is 31.9 Å². The summed E-state index contributed by atoms with van der Waals surface area (Å²) in [6.45, 7) is 2.52. The number of carbonyl (C=O) groups excluding carboxylic acids is 3. The molecule has 0 radical (unpaired) electrons. The molecular weight excluding hydrogens is 444 g/mol. The van der Waals surface area contributed by atoms with E-state index in [0.717, 1.165) is 19.4 Å². The molecule has 2 amide bonds. The Kier molecular flexibility index (Phi) is 6.50. The molecule has 0 saturated carbocycles. The zero-order valence-corrected chi connectivity index (χ0v) is 19.1. The first-order valence-corrected chi connectivity index (χ1v) is 11.4. The maximum absolute atomic E-state index is 13.0. The fourth-order valence-corrected chi connectivity index (χ4v) is 4.83. The number of nitrogens with zero attached hydrogens (tertiary/aromatic N) is 4. The summed E-state index contributed by atoms with van der Waals surface area (Å²) in [5.74, 6) is -0.631. The van der Waals surface area contributed by atoms with Gasteiger partial charge in [0.25, 0.3) is 5.56 Å². The van der Waals surface area contributed by atoms with Gasteiger partial charge in [-0.15, -0.1) is 0 Å². The van der Waals surface area contributed by atoms with Crippen molar-refractivity contribution in [2.45, 2.75) is 26.3 Å². The van der Waals surface area contributed by atoms with Gasteiger partial charge in [-0.1, -0.05) is 23.5 Å². The van der Waals surface area contributed by atoms with E-state index in [4.69, 9.17) is 0 Å². The molecule has 1 atom stereocenters. The highest BCUT2D eigenvalue weighted by molar-refractivity contribution is 7.22. The van der Waals surface area contributed by atoms with Crippen LogP contribution in [-0.2, 0) is 16.1 Å². The Hall–Kier alpha value is -3.60. The minimum atomic E-state index is -0.409. The SMILES string of the molecule is CNC(=O)C1CCCN(c2nc3ncn(CC(=O)Nc4cccc(C(C)=O)c4)c(=O)c3s2)C1. The molecule has 3 heterocycles. The van der Waals surface area contributed by atoms with Gasteiger partial charge in [0.1, 0.15) is 17.6 Å². The lowest BCUT2D eigenvalue weighted by Gasteiger charge is -2.31. The average Bonchev–Trinajstić information content (AvgIpc) is 3.26.